The number of carbonyl (C=O) groups excluding carboxylic acids is 1. The van der Waals surface area contributed by atoms with Crippen LogP contribution in [0.25, 0.3) is 11.5 Å². The topological polar surface area (TPSA) is 71.3 Å². The van der Waals surface area contributed by atoms with Gasteiger partial charge in [0.15, 0.2) is 11.6 Å². The second-order valence-corrected chi connectivity index (χ2v) is 6.90. The van der Waals surface area contributed by atoms with Crippen molar-refractivity contribution in [3.05, 3.63) is 60.4 Å². The van der Waals surface area contributed by atoms with Crippen LogP contribution in [-0.4, -0.2) is 29.2 Å². The van der Waals surface area contributed by atoms with Crippen LogP contribution in [0.1, 0.15) is 18.4 Å². The molecule has 1 fully saturated rings. The highest BCUT2D eigenvalue weighted by atomic mass is 16.3. The summed E-state index contributed by atoms with van der Waals surface area (Å²) in [5.41, 5.74) is 2.68. The van der Waals surface area contributed by atoms with Gasteiger partial charge >= 0.3 is 0 Å². The van der Waals surface area contributed by atoms with Crippen LogP contribution in [0, 0.1) is 12.8 Å². The first kappa shape index (κ1) is 17.3. The van der Waals surface area contributed by atoms with E-state index in [4.69, 9.17) is 4.42 Å². The number of furan rings is 1. The number of hydrogen-bond donors (Lipinski definition) is 1. The molecule has 0 aliphatic carbocycles. The molecule has 1 aliphatic heterocycles. The summed E-state index contributed by atoms with van der Waals surface area (Å²) in [6.45, 7) is 3.54. The lowest BCUT2D eigenvalue weighted by molar-refractivity contribution is -0.120. The molecule has 3 heterocycles. The molecule has 27 heavy (non-hydrogen) atoms. The van der Waals surface area contributed by atoms with Crippen LogP contribution in [-0.2, 0) is 4.79 Å². The van der Waals surface area contributed by atoms with E-state index < -0.39 is 0 Å². The Hall–Kier alpha value is -3.15. The van der Waals surface area contributed by atoms with Crippen molar-refractivity contribution >= 4 is 17.4 Å². The SMILES string of the molecule is Cc1cccc(NC(=O)C2CCCN(c3ccc(-c4ccco4)nn3)C2)c1. The fourth-order valence-corrected chi connectivity index (χ4v) is 3.42. The lowest BCUT2D eigenvalue weighted by Crippen LogP contribution is -2.41. The fraction of sp³-hybridized carbons (Fsp3) is 0.286. The van der Waals surface area contributed by atoms with Gasteiger partial charge < -0.3 is 14.6 Å². The molecule has 4 rings (SSSR count). The molecule has 6 heteroatoms. The van der Waals surface area contributed by atoms with Gasteiger partial charge in [-0.1, -0.05) is 12.1 Å². The first-order valence-corrected chi connectivity index (χ1v) is 9.19. The summed E-state index contributed by atoms with van der Waals surface area (Å²) in [6, 6.07) is 15.4. The summed E-state index contributed by atoms with van der Waals surface area (Å²) in [4.78, 5) is 14.8. The smallest absolute Gasteiger partial charge is 0.229 e. The molecule has 1 aromatic carbocycles. The van der Waals surface area contributed by atoms with Crippen molar-refractivity contribution in [2.24, 2.45) is 5.92 Å². The van der Waals surface area contributed by atoms with Gasteiger partial charge in [-0.25, -0.2) is 0 Å². The molecular weight excluding hydrogens is 340 g/mol. The van der Waals surface area contributed by atoms with Crippen molar-refractivity contribution in [3.63, 3.8) is 0 Å². The fourth-order valence-electron chi connectivity index (χ4n) is 3.42. The molecule has 1 atom stereocenters. The normalized spacial score (nSPS) is 16.9. The maximum absolute atomic E-state index is 12.7. The van der Waals surface area contributed by atoms with Gasteiger partial charge in [-0.2, -0.15) is 0 Å². The number of benzene rings is 1. The molecule has 1 amide bonds. The monoisotopic (exact) mass is 362 g/mol. The molecule has 138 valence electrons. The van der Waals surface area contributed by atoms with Crippen molar-refractivity contribution in [2.45, 2.75) is 19.8 Å². The van der Waals surface area contributed by atoms with E-state index in [0.29, 0.717) is 18.0 Å². The average molecular weight is 362 g/mol. The van der Waals surface area contributed by atoms with E-state index in [-0.39, 0.29) is 11.8 Å². The van der Waals surface area contributed by atoms with Gasteiger partial charge in [0.1, 0.15) is 5.69 Å². The largest absolute Gasteiger partial charge is 0.463 e. The standard InChI is InChI=1S/C21H22N4O2/c1-15-5-2-7-17(13-15)22-21(26)16-6-3-11-25(14-16)20-10-9-18(23-24-20)19-8-4-12-27-19/h2,4-5,7-10,12-13,16H,3,6,11,14H2,1H3,(H,22,26). The van der Waals surface area contributed by atoms with Crippen molar-refractivity contribution in [1.29, 1.82) is 0 Å². The van der Waals surface area contributed by atoms with Crippen LogP contribution in [0.3, 0.4) is 0 Å². The Kier molecular flexibility index (Phi) is 4.87. The lowest BCUT2D eigenvalue weighted by atomic mass is 9.97. The lowest BCUT2D eigenvalue weighted by Gasteiger charge is -2.32. The third-order valence-corrected chi connectivity index (χ3v) is 4.83. The van der Waals surface area contributed by atoms with Gasteiger partial charge in [-0.3, -0.25) is 4.79 Å². The minimum absolute atomic E-state index is 0.0606. The summed E-state index contributed by atoms with van der Waals surface area (Å²) in [5.74, 6) is 1.48. The van der Waals surface area contributed by atoms with E-state index in [2.05, 4.69) is 20.4 Å². The number of anilines is 2. The molecule has 6 nitrogen and oxygen atoms in total. The maximum Gasteiger partial charge on any atom is 0.229 e. The van der Waals surface area contributed by atoms with Crippen LogP contribution in [0.5, 0.6) is 0 Å². The molecule has 0 saturated carbocycles. The van der Waals surface area contributed by atoms with Crippen LogP contribution in [0.4, 0.5) is 11.5 Å². The minimum Gasteiger partial charge on any atom is -0.463 e. The van der Waals surface area contributed by atoms with Gasteiger partial charge in [0, 0.05) is 18.8 Å². The van der Waals surface area contributed by atoms with Crippen LogP contribution in [0.15, 0.2) is 59.2 Å². The molecule has 0 bridgehead atoms. The highest BCUT2D eigenvalue weighted by molar-refractivity contribution is 5.93. The van der Waals surface area contributed by atoms with Crippen LogP contribution in [0.2, 0.25) is 0 Å². The first-order valence-electron chi connectivity index (χ1n) is 9.19. The van der Waals surface area contributed by atoms with Gasteiger partial charge in [0.2, 0.25) is 5.91 Å². The van der Waals surface area contributed by atoms with Crippen molar-refractivity contribution in [2.75, 3.05) is 23.3 Å². The third-order valence-electron chi connectivity index (χ3n) is 4.83. The first-order chi connectivity index (χ1) is 13.2. The van der Waals surface area contributed by atoms with Crippen LogP contribution < -0.4 is 10.2 Å². The predicted octanol–water partition coefficient (Wildman–Crippen LogP) is 3.90. The number of amides is 1. The zero-order chi connectivity index (χ0) is 18.6. The molecule has 3 aromatic rings. The summed E-state index contributed by atoms with van der Waals surface area (Å²) < 4.78 is 5.35. The zero-order valence-corrected chi connectivity index (χ0v) is 15.3. The Labute approximate surface area is 158 Å². The number of piperidine rings is 1. The number of rotatable bonds is 4. The van der Waals surface area contributed by atoms with Gasteiger partial charge in [0.25, 0.3) is 0 Å². The van der Waals surface area contributed by atoms with Crippen molar-refractivity contribution < 1.29 is 9.21 Å². The second-order valence-electron chi connectivity index (χ2n) is 6.90. The van der Waals surface area contributed by atoms with Crippen molar-refractivity contribution in [3.8, 4) is 11.5 Å². The van der Waals surface area contributed by atoms with E-state index in [1.807, 2.05) is 55.5 Å². The molecule has 1 aliphatic rings. The number of nitrogens with zero attached hydrogens (tertiary/aromatic N) is 3. The highest BCUT2D eigenvalue weighted by Crippen LogP contribution is 2.24. The van der Waals surface area contributed by atoms with E-state index >= 15 is 0 Å². The van der Waals surface area contributed by atoms with Crippen LogP contribution >= 0.6 is 0 Å². The maximum atomic E-state index is 12.7. The minimum atomic E-state index is -0.0641. The number of aryl methyl sites for hydroxylation is 1. The average Bonchev–Trinajstić information content (AvgIpc) is 3.23. The number of hydrogen-bond acceptors (Lipinski definition) is 5. The molecule has 1 unspecified atom stereocenters. The molecule has 1 saturated heterocycles. The molecular formula is C21H22N4O2. The Morgan fingerprint density at radius 3 is 2.85 bits per heavy atom. The van der Waals surface area contributed by atoms with E-state index in [9.17, 15) is 4.79 Å². The Balaban J connectivity index is 1.42. The summed E-state index contributed by atoms with van der Waals surface area (Å²) in [5, 5.41) is 11.6. The van der Waals surface area contributed by atoms with Gasteiger partial charge in [-0.15, -0.1) is 10.2 Å². The molecule has 2 aromatic heterocycles. The Morgan fingerprint density at radius 1 is 1.19 bits per heavy atom. The van der Waals surface area contributed by atoms with E-state index in [0.717, 1.165) is 36.5 Å². The van der Waals surface area contributed by atoms with Crippen molar-refractivity contribution in [1.82, 2.24) is 10.2 Å². The second kappa shape index (κ2) is 7.61. The number of carbonyl (C=O) groups is 1. The zero-order valence-electron chi connectivity index (χ0n) is 15.3. The quantitative estimate of drug-likeness (QED) is 0.762. The molecule has 0 radical (unpaired) electrons. The van der Waals surface area contributed by atoms with Gasteiger partial charge in [0.05, 0.1) is 12.2 Å². The number of nitrogens with one attached hydrogen (secondary N) is 1. The van der Waals surface area contributed by atoms with E-state index in [1.54, 1.807) is 6.26 Å². The number of aromatic nitrogens is 2. The molecule has 0 spiro atoms. The Morgan fingerprint density at radius 2 is 2.11 bits per heavy atom. The van der Waals surface area contributed by atoms with E-state index in [1.165, 1.54) is 0 Å². The Bertz CT molecular complexity index is 906. The summed E-state index contributed by atoms with van der Waals surface area (Å²) in [7, 11) is 0. The summed E-state index contributed by atoms with van der Waals surface area (Å²) in [6.07, 6.45) is 3.45. The molecule has 1 N–H and O–H groups in total. The summed E-state index contributed by atoms with van der Waals surface area (Å²) >= 11 is 0. The highest BCUT2D eigenvalue weighted by Gasteiger charge is 2.27. The predicted molar refractivity (Wildman–Crippen MR) is 104 cm³/mol. The van der Waals surface area contributed by atoms with Gasteiger partial charge in [-0.05, 0) is 61.7 Å². The third kappa shape index (κ3) is 4.00.